The quantitative estimate of drug-likeness (QED) is 0.804. The minimum Gasteiger partial charge on any atom is -0.381 e. The molecule has 0 unspecified atom stereocenters. The van der Waals surface area contributed by atoms with Crippen LogP contribution >= 0.6 is 11.6 Å². The summed E-state index contributed by atoms with van der Waals surface area (Å²) in [4.78, 5) is 11.6. The third-order valence-corrected chi connectivity index (χ3v) is 3.18. The second kappa shape index (κ2) is 5.75. The van der Waals surface area contributed by atoms with E-state index >= 15 is 0 Å². The van der Waals surface area contributed by atoms with E-state index in [1.165, 1.54) is 0 Å². The summed E-state index contributed by atoms with van der Waals surface area (Å²) in [5.74, 6) is -0.201. The minimum absolute atomic E-state index is 0.201. The fourth-order valence-electron chi connectivity index (χ4n) is 1.70. The molecule has 0 saturated heterocycles. The van der Waals surface area contributed by atoms with Crippen molar-refractivity contribution in [1.29, 1.82) is 0 Å². The lowest BCUT2D eigenvalue weighted by atomic mass is 10.1. The fraction of sp³-hybridized carbons (Fsp3) is 0.231. The summed E-state index contributed by atoms with van der Waals surface area (Å²) in [5, 5.41) is 13.1. The number of carbonyl (C=O) groups excluding carboxylic acids is 1. The molecule has 1 aromatic heterocycles. The highest BCUT2D eigenvalue weighted by atomic mass is 35.5. The Labute approximate surface area is 116 Å². The van der Waals surface area contributed by atoms with Crippen molar-refractivity contribution >= 4 is 23.2 Å². The van der Waals surface area contributed by atoms with E-state index in [9.17, 15) is 4.79 Å². The van der Waals surface area contributed by atoms with Crippen LogP contribution < -0.4 is 10.6 Å². The first-order valence-electron chi connectivity index (χ1n) is 5.86. The van der Waals surface area contributed by atoms with Gasteiger partial charge in [-0.15, -0.1) is 0 Å². The van der Waals surface area contributed by atoms with E-state index in [1.54, 1.807) is 25.4 Å². The zero-order valence-corrected chi connectivity index (χ0v) is 11.5. The molecule has 1 amide bonds. The Hall–Kier alpha value is -2.01. The molecule has 1 aromatic carbocycles. The number of hydrogen-bond donors (Lipinski definition) is 3. The number of rotatable bonds is 4. The van der Waals surface area contributed by atoms with Crippen LogP contribution in [-0.4, -0.2) is 23.2 Å². The number of H-pyrrole nitrogens is 1. The van der Waals surface area contributed by atoms with Gasteiger partial charge in [0.1, 0.15) is 0 Å². The van der Waals surface area contributed by atoms with E-state index in [4.69, 9.17) is 11.6 Å². The molecule has 0 radical (unpaired) electrons. The van der Waals surface area contributed by atoms with Crippen molar-refractivity contribution in [3.63, 3.8) is 0 Å². The number of carbonyl (C=O) groups is 1. The molecule has 0 aliphatic heterocycles. The van der Waals surface area contributed by atoms with Crippen LogP contribution in [0.2, 0.25) is 5.02 Å². The number of anilines is 1. The predicted molar refractivity (Wildman–Crippen MR) is 75.5 cm³/mol. The Morgan fingerprint density at radius 1 is 1.47 bits per heavy atom. The average Bonchev–Trinajstić information content (AvgIpc) is 2.82. The normalized spacial score (nSPS) is 10.3. The molecular formula is C13H15ClN4O. The largest absolute Gasteiger partial charge is 0.381 e. The van der Waals surface area contributed by atoms with Gasteiger partial charge in [0.25, 0.3) is 5.91 Å². The zero-order chi connectivity index (χ0) is 13.8. The first-order chi connectivity index (χ1) is 9.11. The van der Waals surface area contributed by atoms with E-state index in [0.717, 1.165) is 16.9 Å². The van der Waals surface area contributed by atoms with Crippen molar-refractivity contribution in [1.82, 2.24) is 15.5 Å². The number of hydrogen-bond acceptors (Lipinski definition) is 3. The van der Waals surface area contributed by atoms with E-state index in [1.807, 2.05) is 13.0 Å². The number of nitrogens with one attached hydrogen (secondary N) is 3. The minimum atomic E-state index is -0.201. The highest BCUT2D eigenvalue weighted by molar-refractivity contribution is 6.34. The molecule has 0 bridgehead atoms. The maximum Gasteiger partial charge on any atom is 0.252 e. The molecule has 5 nitrogen and oxygen atoms in total. The molecule has 0 aliphatic carbocycles. The second-order valence-electron chi connectivity index (χ2n) is 4.15. The number of aromatic nitrogens is 2. The van der Waals surface area contributed by atoms with Crippen molar-refractivity contribution in [2.75, 3.05) is 12.4 Å². The highest BCUT2D eigenvalue weighted by Crippen LogP contribution is 2.21. The topological polar surface area (TPSA) is 69.8 Å². The third kappa shape index (κ3) is 3.06. The molecule has 0 saturated carbocycles. The van der Waals surface area contributed by atoms with Gasteiger partial charge in [-0.3, -0.25) is 9.89 Å². The molecule has 0 aliphatic rings. The zero-order valence-electron chi connectivity index (χ0n) is 10.7. The molecule has 2 aromatic rings. The second-order valence-corrected chi connectivity index (χ2v) is 4.55. The van der Waals surface area contributed by atoms with E-state index in [2.05, 4.69) is 20.8 Å². The van der Waals surface area contributed by atoms with Crippen molar-refractivity contribution in [3.8, 4) is 0 Å². The molecule has 100 valence electrons. The standard InChI is InChI=1S/C13H15ClN4O/c1-8-9(7-17-18-8)6-16-10-3-4-12(14)11(5-10)13(19)15-2/h3-5,7,16H,6H2,1-2H3,(H,15,19)(H,17,18). The number of nitrogens with zero attached hydrogens (tertiary/aromatic N) is 1. The number of aromatic amines is 1. The summed E-state index contributed by atoms with van der Waals surface area (Å²) in [6.07, 6.45) is 1.78. The number of benzene rings is 1. The van der Waals surface area contributed by atoms with Crippen LogP contribution in [0.25, 0.3) is 0 Å². The van der Waals surface area contributed by atoms with Crippen molar-refractivity contribution < 1.29 is 4.79 Å². The van der Waals surface area contributed by atoms with Crippen molar-refractivity contribution in [2.45, 2.75) is 13.5 Å². The first-order valence-corrected chi connectivity index (χ1v) is 6.24. The summed E-state index contributed by atoms with van der Waals surface area (Å²) >= 11 is 5.99. The Bertz CT molecular complexity index is 594. The molecular weight excluding hydrogens is 264 g/mol. The van der Waals surface area contributed by atoms with Gasteiger partial charge in [-0.1, -0.05) is 11.6 Å². The summed E-state index contributed by atoms with van der Waals surface area (Å²) in [5.41, 5.74) is 3.39. The molecule has 0 fully saturated rings. The number of halogens is 1. The van der Waals surface area contributed by atoms with Gasteiger partial charge in [0.15, 0.2) is 0 Å². The molecule has 6 heteroatoms. The van der Waals surface area contributed by atoms with E-state index in [-0.39, 0.29) is 5.91 Å². The highest BCUT2D eigenvalue weighted by Gasteiger charge is 2.09. The Morgan fingerprint density at radius 3 is 2.89 bits per heavy atom. The third-order valence-electron chi connectivity index (χ3n) is 2.86. The van der Waals surface area contributed by atoms with Crippen LogP contribution in [0.5, 0.6) is 0 Å². The van der Waals surface area contributed by atoms with Crippen LogP contribution in [0.3, 0.4) is 0 Å². The lowest BCUT2D eigenvalue weighted by Crippen LogP contribution is -2.18. The Balaban J connectivity index is 2.13. The average molecular weight is 279 g/mol. The van der Waals surface area contributed by atoms with E-state index < -0.39 is 0 Å². The maximum atomic E-state index is 11.6. The Morgan fingerprint density at radius 2 is 2.26 bits per heavy atom. The van der Waals surface area contributed by atoms with E-state index in [0.29, 0.717) is 17.1 Å². The molecule has 2 rings (SSSR count). The predicted octanol–water partition coefficient (Wildman–Crippen LogP) is 2.34. The fourth-order valence-corrected chi connectivity index (χ4v) is 1.90. The summed E-state index contributed by atoms with van der Waals surface area (Å²) < 4.78 is 0. The SMILES string of the molecule is CNC(=O)c1cc(NCc2cn[nH]c2C)ccc1Cl. The molecule has 0 atom stereocenters. The van der Waals surface area contributed by atoms with Crippen LogP contribution in [0, 0.1) is 6.92 Å². The maximum absolute atomic E-state index is 11.6. The van der Waals surface area contributed by atoms with Crippen LogP contribution in [0.4, 0.5) is 5.69 Å². The monoisotopic (exact) mass is 278 g/mol. The number of amides is 1. The van der Waals surface area contributed by atoms with Gasteiger partial charge in [-0.05, 0) is 25.1 Å². The first kappa shape index (κ1) is 13.4. The van der Waals surface area contributed by atoms with Crippen LogP contribution in [0.15, 0.2) is 24.4 Å². The van der Waals surface area contributed by atoms with Crippen molar-refractivity contribution in [3.05, 3.63) is 46.2 Å². The molecule has 1 heterocycles. The smallest absolute Gasteiger partial charge is 0.252 e. The van der Waals surface area contributed by atoms with Crippen LogP contribution in [0.1, 0.15) is 21.6 Å². The molecule has 0 spiro atoms. The Kier molecular flexibility index (Phi) is 4.06. The summed E-state index contributed by atoms with van der Waals surface area (Å²) in [7, 11) is 1.58. The lowest BCUT2D eigenvalue weighted by molar-refractivity contribution is 0.0963. The van der Waals surface area contributed by atoms with Gasteiger partial charge in [-0.25, -0.2) is 0 Å². The number of aryl methyl sites for hydroxylation is 1. The van der Waals surface area contributed by atoms with Gasteiger partial charge in [0.2, 0.25) is 0 Å². The van der Waals surface area contributed by atoms with Gasteiger partial charge < -0.3 is 10.6 Å². The van der Waals surface area contributed by atoms with Gasteiger partial charge in [-0.2, -0.15) is 5.10 Å². The van der Waals surface area contributed by atoms with Crippen molar-refractivity contribution in [2.24, 2.45) is 0 Å². The molecule has 19 heavy (non-hydrogen) atoms. The summed E-state index contributed by atoms with van der Waals surface area (Å²) in [6, 6.07) is 5.28. The summed E-state index contributed by atoms with van der Waals surface area (Å²) in [6.45, 7) is 2.60. The van der Waals surface area contributed by atoms with Gasteiger partial charge in [0, 0.05) is 30.5 Å². The lowest BCUT2D eigenvalue weighted by Gasteiger charge is -2.09. The van der Waals surface area contributed by atoms with Crippen LogP contribution in [-0.2, 0) is 6.54 Å². The van der Waals surface area contributed by atoms with Gasteiger partial charge >= 0.3 is 0 Å². The van der Waals surface area contributed by atoms with Gasteiger partial charge in [0.05, 0.1) is 16.8 Å². The molecule has 3 N–H and O–H groups in total.